The van der Waals surface area contributed by atoms with Crippen LogP contribution in [0.2, 0.25) is 0 Å². The Morgan fingerprint density at radius 1 is 1.41 bits per heavy atom. The molecule has 2 heterocycles. The summed E-state index contributed by atoms with van der Waals surface area (Å²) in [6.07, 6.45) is -3.29. The van der Waals surface area contributed by atoms with E-state index in [9.17, 15) is 18.0 Å². The van der Waals surface area contributed by atoms with Gasteiger partial charge in [0, 0.05) is 0 Å². The molecule has 0 spiro atoms. The Morgan fingerprint density at radius 3 is 2.77 bits per heavy atom. The smallest absolute Gasteiger partial charge is 0.433 e. The van der Waals surface area contributed by atoms with Gasteiger partial charge in [0.15, 0.2) is 10.9 Å². The molecular formula is C13H11F3N2O3S. The summed E-state index contributed by atoms with van der Waals surface area (Å²) in [6.45, 7) is 1.83. The summed E-state index contributed by atoms with van der Waals surface area (Å²) in [4.78, 5) is 18.7. The highest BCUT2D eigenvalue weighted by atomic mass is 32.2. The van der Waals surface area contributed by atoms with Gasteiger partial charge >= 0.3 is 12.1 Å². The predicted molar refractivity (Wildman–Crippen MR) is 72.1 cm³/mol. The molecule has 0 saturated heterocycles. The van der Waals surface area contributed by atoms with E-state index in [1.165, 1.54) is 18.4 Å². The lowest BCUT2D eigenvalue weighted by Gasteiger charge is -2.09. The van der Waals surface area contributed by atoms with Gasteiger partial charge in [-0.2, -0.15) is 13.2 Å². The minimum atomic E-state index is -4.62. The van der Waals surface area contributed by atoms with Gasteiger partial charge in [-0.15, -0.1) is 0 Å². The minimum absolute atomic E-state index is 0.00122. The van der Waals surface area contributed by atoms with Gasteiger partial charge in [0.1, 0.15) is 11.4 Å². The Balaban J connectivity index is 2.29. The lowest BCUT2D eigenvalue weighted by molar-refractivity contribution is -0.141. The Labute approximate surface area is 127 Å². The molecule has 0 unspecified atom stereocenters. The quantitative estimate of drug-likeness (QED) is 0.475. The zero-order chi connectivity index (χ0) is 16.2. The van der Waals surface area contributed by atoms with Crippen molar-refractivity contribution in [2.45, 2.75) is 18.3 Å². The van der Waals surface area contributed by atoms with E-state index in [-0.39, 0.29) is 29.0 Å². The number of halogens is 3. The van der Waals surface area contributed by atoms with Crippen LogP contribution in [0.5, 0.6) is 0 Å². The number of alkyl halides is 3. The summed E-state index contributed by atoms with van der Waals surface area (Å²) >= 11 is 0.772. The Hall–Kier alpha value is -2.03. The SMILES string of the molecule is CCOC(=O)CSc1nc(-c2ccco2)cc(C(F)(F)F)n1. The molecule has 0 N–H and O–H groups in total. The van der Waals surface area contributed by atoms with Crippen LogP contribution in [0.4, 0.5) is 13.2 Å². The fourth-order valence-electron chi connectivity index (χ4n) is 1.51. The number of thioether (sulfide) groups is 1. The van der Waals surface area contributed by atoms with Crippen LogP contribution in [0, 0.1) is 0 Å². The van der Waals surface area contributed by atoms with E-state index in [1.54, 1.807) is 6.92 Å². The number of rotatable bonds is 5. The Kier molecular flexibility index (Phi) is 5.07. The number of ether oxygens (including phenoxy) is 1. The van der Waals surface area contributed by atoms with Crippen LogP contribution in [0.25, 0.3) is 11.5 Å². The van der Waals surface area contributed by atoms with Gasteiger partial charge in [-0.25, -0.2) is 9.97 Å². The molecule has 0 bridgehead atoms. The summed E-state index contributed by atoms with van der Waals surface area (Å²) in [6, 6.07) is 3.83. The van der Waals surface area contributed by atoms with E-state index in [0.29, 0.717) is 0 Å². The second-order valence-electron chi connectivity index (χ2n) is 3.99. The molecule has 118 valence electrons. The van der Waals surface area contributed by atoms with Crippen molar-refractivity contribution in [2.24, 2.45) is 0 Å². The van der Waals surface area contributed by atoms with Crippen LogP contribution in [0.3, 0.4) is 0 Å². The predicted octanol–water partition coefficient (Wildman–Crippen LogP) is 3.41. The van der Waals surface area contributed by atoms with Crippen molar-refractivity contribution in [3.63, 3.8) is 0 Å². The molecule has 9 heteroatoms. The fraction of sp³-hybridized carbons (Fsp3) is 0.308. The highest BCUT2D eigenvalue weighted by Crippen LogP contribution is 2.32. The highest BCUT2D eigenvalue weighted by molar-refractivity contribution is 7.99. The van der Waals surface area contributed by atoms with Crippen molar-refractivity contribution in [1.29, 1.82) is 0 Å². The second kappa shape index (κ2) is 6.82. The standard InChI is InChI=1S/C13H11F3N2O3S/c1-2-20-11(19)7-22-12-17-8(9-4-3-5-21-9)6-10(18-12)13(14,15)16/h3-6H,2,7H2,1H3. The van der Waals surface area contributed by atoms with E-state index >= 15 is 0 Å². The first-order valence-electron chi connectivity index (χ1n) is 6.18. The Bertz CT molecular complexity index is 644. The summed E-state index contributed by atoms with van der Waals surface area (Å²) in [5, 5.41) is -0.172. The first kappa shape index (κ1) is 16.3. The molecule has 0 aliphatic carbocycles. The number of carbonyl (C=O) groups is 1. The maximum Gasteiger partial charge on any atom is 0.433 e. The number of hydrogen-bond donors (Lipinski definition) is 0. The highest BCUT2D eigenvalue weighted by Gasteiger charge is 2.34. The molecule has 0 fully saturated rings. The van der Waals surface area contributed by atoms with E-state index in [4.69, 9.17) is 9.15 Å². The number of esters is 1. The van der Waals surface area contributed by atoms with E-state index in [0.717, 1.165) is 17.8 Å². The first-order chi connectivity index (χ1) is 10.4. The summed E-state index contributed by atoms with van der Waals surface area (Å²) in [5.74, 6) is -0.536. The maximum atomic E-state index is 12.9. The average molecular weight is 332 g/mol. The van der Waals surface area contributed by atoms with Crippen LogP contribution in [0.1, 0.15) is 12.6 Å². The molecule has 2 rings (SSSR count). The number of nitrogens with zero attached hydrogens (tertiary/aromatic N) is 2. The summed E-state index contributed by atoms with van der Waals surface area (Å²) in [5.41, 5.74) is -1.10. The molecule has 22 heavy (non-hydrogen) atoms. The monoisotopic (exact) mass is 332 g/mol. The topological polar surface area (TPSA) is 65.2 Å². The number of aromatic nitrogens is 2. The van der Waals surface area contributed by atoms with Gasteiger partial charge in [-0.3, -0.25) is 4.79 Å². The van der Waals surface area contributed by atoms with E-state index in [1.807, 2.05) is 0 Å². The molecule has 2 aromatic rings. The van der Waals surface area contributed by atoms with Crippen molar-refractivity contribution in [3.8, 4) is 11.5 Å². The first-order valence-corrected chi connectivity index (χ1v) is 7.17. The van der Waals surface area contributed by atoms with Gasteiger partial charge in [0.25, 0.3) is 0 Å². The van der Waals surface area contributed by atoms with Gasteiger partial charge in [-0.1, -0.05) is 11.8 Å². The third-order valence-electron chi connectivity index (χ3n) is 2.39. The Morgan fingerprint density at radius 2 is 2.18 bits per heavy atom. The number of carbonyl (C=O) groups excluding carboxylic acids is 1. The average Bonchev–Trinajstić information content (AvgIpc) is 2.98. The molecule has 0 saturated carbocycles. The van der Waals surface area contributed by atoms with Gasteiger partial charge in [0.2, 0.25) is 0 Å². The normalized spacial score (nSPS) is 11.5. The molecule has 2 aromatic heterocycles. The van der Waals surface area contributed by atoms with Gasteiger partial charge in [0.05, 0.1) is 18.6 Å². The maximum absolute atomic E-state index is 12.9. The van der Waals surface area contributed by atoms with Crippen LogP contribution in [-0.4, -0.2) is 28.3 Å². The summed E-state index contributed by atoms with van der Waals surface area (Å²) < 4.78 is 48.4. The molecule has 0 atom stereocenters. The molecule has 5 nitrogen and oxygen atoms in total. The van der Waals surface area contributed by atoms with Gasteiger partial charge in [-0.05, 0) is 25.1 Å². The molecule has 0 amide bonds. The third-order valence-corrected chi connectivity index (χ3v) is 3.21. The van der Waals surface area contributed by atoms with Crippen LogP contribution < -0.4 is 0 Å². The largest absolute Gasteiger partial charge is 0.465 e. The third kappa shape index (κ3) is 4.23. The van der Waals surface area contributed by atoms with Crippen LogP contribution in [0.15, 0.2) is 34.0 Å². The zero-order valence-corrected chi connectivity index (χ0v) is 12.2. The number of furan rings is 1. The molecule has 0 aliphatic rings. The van der Waals surface area contributed by atoms with Crippen molar-refractivity contribution in [2.75, 3.05) is 12.4 Å². The summed E-state index contributed by atoms with van der Waals surface area (Å²) in [7, 11) is 0. The van der Waals surface area contributed by atoms with Crippen LogP contribution in [-0.2, 0) is 15.7 Å². The van der Waals surface area contributed by atoms with Crippen molar-refractivity contribution >= 4 is 17.7 Å². The van der Waals surface area contributed by atoms with Crippen molar-refractivity contribution in [3.05, 3.63) is 30.2 Å². The number of hydrogen-bond acceptors (Lipinski definition) is 6. The molecular weight excluding hydrogens is 321 g/mol. The zero-order valence-electron chi connectivity index (χ0n) is 11.4. The van der Waals surface area contributed by atoms with E-state index < -0.39 is 17.8 Å². The van der Waals surface area contributed by atoms with Crippen molar-refractivity contribution in [1.82, 2.24) is 9.97 Å². The van der Waals surface area contributed by atoms with E-state index in [2.05, 4.69) is 9.97 Å². The van der Waals surface area contributed by atoms with Crippen molar-refractivity contribution < 1.29 is 27.1 Å². The van der Waals surface area contributed by atoms with Gasteiger partial charge < -0.3 is 9.15 Å². The minimum Gasteiger partial charge on any atom is -0.465 e. The molecule has 0 aliphatic heterocycles. The molecule has 0 radical (unpaired) electrons. The second-order valence-corrected chi connectivity index (χ2v) is 4.93. The molecule has 0 aromatic carbocycles. The fourth-order valence-corrected chi connectivity index (χ4v) is 2.17. The lowest BCUT2D eigenvalue weighted by Crippen LogP contribution is -2.11. The lowest BCUT2D eigenvalue weighted by atomic mass is 10.2. The van der Waals surface area contributed by atoms with Crippen LogP contribution >= 0.6 is 11.8 Å².